The van der Waals surface area contributed by atoms with Crippen LogP contribution in [0.15, 0.2) is 5.38 Å². The van der Waals surface area contributed by atoms with Gasteiger partial charge in [-0.3, -0.25) is 9.80 Å². The fraction of sp³-hybridized carbons (Fsp3) is 0.750. The normalized spacial score (nSPS) is 18.7. The summed E-state index contributed by atoms with van der Waals surface area (Å²) in [7, 11) is 0. The van der Waals surface area contributed by atoms with Crippen LogP contribution < -0.4 is 0 Å². The third-order valence-electron chi connectivity index (χ3n) is 4.12. The van der Waals surface area contributed by atoms with Crippen molar-refractivity contribution in [1.29, 1.82) is 5.26 Å². The molecule has 1 aromatic heterocycles. The molecule has 4 nitrogen and oxygen atoms in total. The summed E-state index contributed by atoms with van der Waals surface area (Å²) in [5.41, 5.74) is 0.962. The Morgan fingerprint density at radius 3 is 2.29 bits per heavy atom. The summed E-state index contributed by atoms with van der Waals surface area (Å²) in [5.74, 6) is 0. The van der Waals surface area contributed by atoms with Crippen LogP contribution in [0.4, 0.5) is 0 Å². The maximum Gasteiger partial charge on any atom is 0.107 e. The van der Waals surface area contributed by atoms with E-state index >= 15 is 0 Å². The number of rotatable bonds is 3. The molecule has 1 aromatic rings. The van der Waals surface area contributed by atoms with E-state index in [0.29, 0.717) is 0 Å². The topological polar surface area (TPSA) is 43.2 Å². The van der Waals surface area contributed by atoms with Gasteiger partial charge < -0.3 is 0 Å². The van der Waals surface area contributed by atoms with Gasteiger partial charge in [0.1, 0.15) is 10.5 Å². The average molecular weight is 306 g/mol. The maximum absolute atomic E-state index is 9.21. The first-order chi connectivity index (χ1) is 9.72. The van der Waals surface area contributed by atoms with E-state index in [0.717, 1.165) is 32.7 Å². The summed E-state index contributed by atoms with van der Waals surface area (Å²) >= 11 is 1.76. The van der Waals surface area contributed by atoms with E-state index in [1.807, 2.05) is 13.8 Å². The predicted octanol–water partition coefficient (Wildman–Crippen LogP) is 2.86. The van der Waals surface area contributed by atoms with E-state index in [2.05, 4.69) is 42.0 Å². The standard InChI is InChI=1S/C16H26N4S/c1-15(2,3)13-11-21-14(18-13)10-19-6-8-20(9-7-19)16(4,5)12-17/h11H,6-10H2,1-5H3. The molecule has 0 bridgehead atoms. The van der Waals surface area contributed by atoms with Crippen molar-refractivity contribution < 1.29 is 0 Å². The Morgan fingerprint density at radius 2 is 1.81 bits per heavy atom. The Labute approximate surface area is 132 Å². The van der Waals surface area contributed by atoms with Gasteiger partial charge in [-0.25, -0.2) is 4.98 Å². The van der Waals surface area contributed by atoms with Crippen molar-refractivity contribution in [3.63, 3.8) is 0 Å². The van der Waals surface area contributed by atoms with Gasteiger partial charge in [0.05, 0.1) is 18.3 Å². The fourth-order valence-corrected chi connectivity index (χ4v) is 3.52. The Morgan fingerprint density at radius 1 is 1.19 bits per heavy atom. The molecule has 0 spiro atoms. The molecular weight excluding hydrogens is 280 g/mol. The Bertz CT molecular complexity index is 513. The Kier molecular flexibility index (Phi) is 4.72. The van der Waals surface area contributed by atoms with Crippen LogP contribution in [0.25, 0.3) is 0 Å². The molecule has 0 amide bonds. The van der Waals surface area contributed by atoms with E-state index in [-0.39, 0.29) is 11.0 Å². The largest absolute Gasteiger partial charge is 0.294 e. The fourth-order valence-electron chi connectivity index (χ4n) is 2.45. The Hall–Kier alpha value is -0.960. The van der Waals surface area contributed by atoms with Crippen LogP contribution in [0.5, 0.6) is 0 Å². The van der Waals surface area contributed by atoms with Crippen molar-refractivity contribution in [2.45, 2.75) is 52.1 Å². The van der Waals surface area contributed by atoms with Crippen molar-refractivity contribution in [2.24, 2.45) is 0 Å². The molecule has 0 radical (unpaired) electrons. The highest BCUT2D eigenvalue weighted by Gasteiger charge is 2.30. The number of hydrogen-bond donors (Lipinski definition) is 0. The minimum absolute atomic E-state index is 0.129. The molecule has 5 heteroatoms. The molecule has 0 aromatic carbocycles. The van der Waals surface area contributed by atoms with Gasteiger partial charge in [-0.1, -0.05) is 20.8 Å². The van der Waals surface area contributed by atoms with Gasteiger partial charge in [0.15, 0.2) is 0 Å². The van der Waals surface area contributed by atoms with Gasteiger partial charge in [-0.05, 0) is 13.8 Å². The lowest BCUT2D eigenvalue weighted by atomic mass is 9.93. The summed E-state index contributed by atoms with van der Waals surface area (Å²) < 4.78 is 0. The third-order valence-corrected chi connectivity index (χ3v) is 4.95. The number of nitrogens with zero attached hydrogens (tertiary/aromatic N) is 4. The van der Waals surface area contributed by atoms with E-state index in [4.69, 9.17) is 4.98 Å². The van der Waals surface area contributed by atoms with Crippen LogP contribution in [0.1, 0.15) is 45.3 Å². The minimum Gasteiger partial charge on any atom is -0.294 e. The second kappa shape index (κ2) is 6.04. The summed E-state index contributed by atoms with van der Waals surface area (Å²) in [6, 6.07) is 2.39. The first-order valence-electron chi connectivity index (χ1n) is 7.56. The van der Waals surface area contributed by atoms with Gasteiger partial charge in [0.2, 0.25) is 0 Å². The molecule has 0 saturated carbocycles. The molecule has 0 unspecified atom stereocenters. The van der Waals surface area contributed by atoms with Crippen molar-refractivity contribution in [3.8, 4) is 6.07 Å². The van der Waals surface area contributed by atoms with Crippen LogP contribution in [0, 0.1) is 11.3 Å². The van der Waals surface area contributed by atoms with E-state index in [9.17, 15) is 5.26 Å². The van der Waals surface area contributed by atoms with E-state index < -0.39 is 0 Å². The Balaban J connectivity index is 1.90. The molecule has 0 aliphatic carbocycles. The lowest BCUT2D eigenvalue weighted by Gasteiger charge is -2.40. The zero-order valence-electron chi connectivity index (χ0n) is 13.8. The molecular formula is C16H26N4S. The molecule has 116 valence electrons. The van der Waals surface area contributed by atoms with Gasteiger partial charge in [0, 0.05) is 37.0 Å². The molecule has 1 aliphatic heterocycles. The molecule has 2 heterocycles. The molecule has 2 rings (SSSR count). The number of aromatic nitrogens is 1. The first kappa shape index (κ1) is 16.4. The molecule has 0 N–H and O–H groups in total. The number of thiazole rings is 1. The van der Waals surface area contributed by atoms with Crippen LogP contribution in [0.3, 0.4) is 0 Å². The quantitative estimate of drug-likeness (QED) is 0.861. The zero-order valence-corrected chi connectivity index (χ0v) is 14.6. The molecule has 1 fully saturated rings. The van der Waals surface area contributed by atoms with Gasteiger partial charge >= 0.3 is 0 Å². The number of hydrogen-bond acceptors (Lipinski definition) is 5. The summed E-state index contributed by atoms with van der Waals surface area (Å²) in [5, 5.41) is 12.6. The molecule has 0 atom stereocenters. The average Bonchev–Trinajstić information content (AvgIpc) is 2.88. The highest BCUT2D eigenvalue weighted by atomic mass is 32.1. The maximum atomic E-state index is 9.21. The van der Waals surface area contributed by atoms with E-state index in [1.54, 1.807) is 11.3 Å². The van der Waals surface area contributed by atoms with Gasteiger partial charge in [-0.2, -0.15) is 5.26 Å². The first-order valence-corrected chi connectivity index (χ1v) is 8.44. The second-order valence-electron chi connectivity index (χ2n) is 7.31. The predicted molar refractivity (Wildman–Crippen MR) is 87.4 cm³/mol. The third kappa shape index (κ3) is 4.03. The van der Waals surface area contributed by atoms with Crippen molar-refractivity contribution >= 4 is 11.3 Å². The molecule has 21 heavy (non-hydrogen) atoms. The van der Waals surface area contributed by atoms with Crippen LogP contribution >= 0.6 is 11.3 Å². The van der Waals surface area contributed by atoms with E-state index in [1.165, 1.54) is 10.7 Å². The summed E-state index contributed by atoms with van der Waals surface area (Å²) in [6.45, 7) is 15.5. The molecule has 1 saturated heterocycles. The summed E-state index contributed by atoms with van der Waals surface area (Å²) in [6.07, 6.45) is 0. The van der Waals surface area contributed by atoms with Crippen molar-refractivity contribution in [1.82, 2.24) is 14.8 Å². The zero-order chi connectivity index (χ0) is 15.7. The lowest BCUT2D eigenvalue weighted by Crippen LogP contribution is -2.53. The highest BCUT2D eigenvalue weighted by Crippen LogP contribution is 2.25. The van der Waals surface area contributed by atoms with Crippen LogP contribution in [0.2, 0.25) is 0 Å². The number of nitriles is 1. The van der Waals surface area contributed by atoms with Gasteiger partial charge in [0.25, 0.3) is 0 Å². The summed E-state index contributed by atoms with van der Waals surface area (Å²) in [4.78, 5) is 9.48. The van der Waals surface area contributed by atoms with Crippen LogP contribution in [-0.2, 0) is 12.0 Å². The smallest absolute Gasteiger partial charge is 0.107 e. The highest BCUT2D eigenvalue weighted by molar-refractivity contribution is 7.09. The molecule has 1 aliphatic rings. The lowest BCUT2D eigenvalue weighted by molar-refractivity contribution is 0.0763. The monoisotopic (exact) mass is 306 g/mol. The van der Waals surface area contributed by atoms with Crippen molar-refractivity contribution in [2.75, 3.05) is 26.2 Å². The second-order valence-corrected chi connectivity index (χ2v) is 8.25. The van der Waals surface area contributed by atoms with Crippen LogP contribution in [-0.4, -0.2) is 46.5 Å². The minimum atomic E-state index is -0.354. The SMILES string of the molecule is CC(C)(C)c1csc(CN2CCN(C(C)(C)C#N)CC2)n1. The van der Waals surface area contributed by atoms with Crippen molar-refractivity contribution in [3.05, 3.63) is 16.1 Å². The number of piperazine rings is 1. The van der Waals surface area contributed by atoms with Gasteiger partial charge in [-0.15, -0.1) is 11.3 Å².